The van der Waals surface area contributed by atoms with Crippen molar-refractivity contribution in [3.63, 3.8) is 0 Å². The summed E-state index contributed by atoms with van der Waals surface area (Å²) in [5.41, 5.74) is 1.71. The van der Waals surface area contributed by atoms with Gasteiger partial charge in [-0.1, -0.05) is 29.8 Å². The minimum absolute atomic E-state index is 0.00654. The Labute approximate surface area is 177 Å². The lowest BCUT2D eigenvalue weighted by Crippen LogP contribution is -2.18. The van der Waals surface area contributed by atoms with Gasteiger partial charge in [0.15, 0.2) is 0 Å². The van der Waals surface area contributed by atoms with Gasteiger partial charge in [-0.15, -0.1) is 0 Å². The van der Waals surface area contributed by atoms with Crippen LogP contribution in [0.4, 0.5) is 28.7 Å². The second-order valence-electron chi connectivity index (χ2n) is 6.31. The lowest BCUT2D eigenvalue weighted by molar-refractivity contribution is -0.383. The van der Waals surface area contributed by atoms with Gasteiger partial charge in [0.25, 0.3) is 0 Å². The first-order valence-electron chi connectivity index (χ1n) is 8.77. The molecule has 0 radical (unpaired) electrons. The molecule has 0 fully saturated rings. The Balaban J connectivity index is 2.08. The first kappa shape index (κ1) is 21.0. The maximum absolute atomic E-state index is 12.1. The van der Waals surface area contributed by atoms with Gasteiger partial charge in [-0.25, -0.2) is 14.8 Å². The molecular formula is C20H18ClN5O4. The molecule has 0 saturated carbocycles. The minimum atomic E-state index is -0.579. The summed E-state index contributed by atoms with van der Waals surface area (Å²) >= 11 is 6.15. The fourth-order valence-corrected chi connectivity index (χ4v) is 3.03. The van der Waals surface area contributed by atoms with Gasteiger partial charge in [-0.2, -0.15) is 0 Å². The Bertz CT molecular complexity index is 1120. The van der Waals surface area contributed by atoms with Crippen LogP contribution in [0.1, 0.15) is 15.9 Å². The van der Waals surface area contributed by atoms with Crippen LogP contribution >= 0.6 is 11.6 Å². The Morgan fingerprint density at radius 2 is 1.97 bits per heavy atom. The maximum atomic E-state index is 12.1. The van der Waals surface area contributed by atoms with Crippen LogP contribution in [0.5, 0.6) is 0 Å². The Kier molecular flexibility index (Phi) is 6.12. The molecule has 1 heterocycles. The number of carbonyl (C=O) groups is 1. The highest BCUT2D eigenvalue weighted by molar-refractivity contribution is 6.31. The van der Waals surface area contributed by atoms with Gasteiger partial charge >= 0.3 is 11.7 Å². The van der Waals surface area contributed by atoms with Crippen LogP contribution < -0.4 is 10.2 Å². The highest BCUT2D eigenvalue weighted by Gasteiger charge is 2.28. The van der Waals surface area contributed by atoms with Crippen LogP contribution in [0, 0.1) is 17.0 Å². The van der Waals surface area contributed by atoms with Crippen LogP contribution in [0.3, 0.4) is 0 Å². The number of hydrogen-bond acceptors (Lipinski definition) is 8. The minimum Gasteiger partial charge on any atom is -0.465 e. The van der Waals surface area contributed by atoms with Crippen LogP contribution in [0.15, 0.2) is 48.8 Å². The van der Waals surface area contributed by atoms with E-state index in [1.165, 1.54) is 18.3 Å². The summed E-state index contributed by atoms with van der Waals surface area (Å²) < 4.78 is 4.81. The number of anilines is 4. The average molecular weight is 428 g/mol. The number of aromatic nitrogens is 2. The van der Waals surface area contributed by atoms with Gasteiger partial charge in [0.1, 0.15) is 6.33 Å². The van der Waals surface area contributed by atoms with Crippen molar-refractivity contribution in [3.05, 3.63) is 75.1 Å². The number of rotatable bonds is 6. The van der Waals surface area contributed by atoms with E-state index in [9.17, 15) is 14.9 Å². The number of halogens is 1. The standard InChI is InChI=1S/C20H18ClN5O4/c1-12-8-9-13(10-15(12)21)24-18-17(26(28)29)19(23-11-22-18)25(2)16-7-5-4-6-14(16)20(27)30-3/h4-11H,1-3H3,(H,22,23,24). The molecule has 154 valence electrons. The maximum Gasteiger partial charge on any atom is 0.354 e. The SMILES string of the molecule is COC(=O)c1ccccc1N(C)c1ncnc(Nc2ccc(C)c(Cl)c2)c1[N+](=O)[O-]. The van der Waals surface area contributed by atoms with E-state index < -0.39 is 10.9 Å². The quantitative estimate of drug-likeness (QED) is 0.344. The number of methoxy groups -OCH3 is 1. The van der Waals surface area contributed by atoms with Crippen LogP contribution in [0.25, 0.3) is 0 Å². The topological polar surface area (TPSA) is 110 Å². The first-order chi connectivity index (χ1) is 14.3. The van der Waals surface area contributed by atoms with Gasteiger partial charge in [0.05, 0.1) is 23.3 Å². The summed E-state index contributed by atoms with van der Waals surface area (Å²) in [6.45, 7) is 1.85. The van der Waals surface area contributed by atoms with Gasteiger partial charge in [0.2, 0.25) is 11.6 Å². The number of carbonyl (C=O) groups excluding carboxylic acids is 1. The fraction of sp³-hybridized carbons (Fsp3) is 0.150. The van der Waals surface area contributed by atoms with Crippen LogP contribution in [-0.4, -0.2) is 35.0 Å². The molecule has 30 heavy (non-hydrogen) atoms. The number of nitrogens with zero attached hydrogens (tertiary/aromatic N) is 4. The molecular weight excluding hydrogens is 410 g/mol. The smallest absolute Gasteiger partial charge is 0.354 e. The van der Waals surface area contributed by atoms with E-state index in [2.05, 4.69) is 15.3 Å². The van der Waals surface area contributed by atoms with Crippen molar-refractivity contribution in [2.75, 3.05) is 24.4 Å². The molecule has 1 N–H and O–H groups in total. The van der Waals surface area contributed by atoms with Gasteiger partial charge in [0, 0.05) is 17.8 Å². The normalized spacial score (nSPS) is 10.4. The van der Waals surface area contributed by atoms with Crippen LogP contribution in [0.2, 0.25) is 5.02 Å². The summed E-state index contributed by atoms with van der Waals surface area (Å²) in [5.74, 6) is -0.568. The van der Waals surface area contributed by atoms with E-state index in [0.29, 0.717) is 16.4 Å². The molecule has 0 saturated heterocycles. The lowest BCUT2D eigenvalue weighted by atomic mass is 10.1. The second kappa shape index (κ2) is 8.75. The number of para-hydroxylation sites is 1. The molecule has 0 atom stereocenters. The fourth-order valence-electron chi connectivity index (χ4n) is 2.84. The highest BCUT2D eigenvalue weighted by Crippen LogP contribution is 2.37. The molecule has 2 aromatic carbocycles. The summed E-state index contributed by atoms with van der Waals surface area (Å²) in [6, 6.07) is 11.8. The number of nitrogens with one attached hydrogen (secondary N) is 1. The van der Waals surface area contributed by atoms with Crippen LogP contribution in [-0.2, 0) is 4.74 Å². The molecule has 0 aliphatic heterocycles. The van der Waals surface area contributed by atoms with Gasteiger partial charge < -0.3 is 15.0 Å². The van der Waals surface area contributed by atoms with E-state index in [1.807, 2.05) is 6.92 Å². The number of aryl methyl sites for hydroxylation is 1. The van der Waals surface area contributed by atoms with E-state index >= 15 is 0 Å². The molecule has 1 aromatic heterocycles. The molecule has 9 nitrogen and oxygen atoms in total. The monoisotopic (exact) mass is 427 g/mol. The molecule has 0 unspecified atom stereocenters. The number of nitro groups is 1. The molecule has 3 rings (SSSR count). The molecule has 10 heteroatoms. The number of benzene rings is 2. The average Bonchev–Trinajstić information content (AvgIpc) is 2.75. The van der Waals surface area contributed by atoms with Crippen molar-refractivity contribution in [2.45, 2.75) is 6.92 Å². The van der Waals surface area contributed by atoms with Gasteiger partial charge in [-0.05, 0) is 36.8 Å². The number of esters is 1. The first-order valence-corrected chi connectivity index (χ1v) is 9.15. The zero-order valence-corrected chi connectivity index (χ0v) is 17.2. The molecule has 0 aliphatic carbocycles. The summed E-state index contributed by atoms with van der Waals surface area (Å²) in [4.78, 5) is 33.0. The lowest BCUT2D eigenvalue weighted by Gasteiger charge is -2.21. The Hall–Kier alpha value is -3.72. The van der Waals surface area contributed by atoms with Crippen molar-refractivity contribution in [2.24, 2.45) is 0 Å². The van der Waals surface area contributed by atoms with Gasteiger partial charge in [-0.3, -0.25) is 10.1 Å². The molecule has 3 aromatic rings. The van der Waals surface area contributed by atoms with E-state index in [4.69, 9.17) is 16.3 Å². The van der Waals surface area contributed by atoms with Crippen molar-refractivity contribution in [1.82, 2.24) is 9.97 Å². The van der Waals surface area contributed by atoms with Crippen molar-refractivity contribution < 1.29 is 14.5 Å². The van der Waals surface area contributed by atoms with Crippen molar-refractivity contribution >= 4 is 46.3 Å². The van der Waals surface area contributed by atoms with E-state index in [0.717, 1.165) is 5.56 Å². The number of hydrogen-bond donors (Lipinski definition) is 1. The predicted octanol–water partition coefficient (Wildman–Crippen LogP) is 4.64. The van der Waals surface area contributed by atoms with Crippen molar-refractivity contribution in [1.29, 1.82) is 0 Å². The summed E-state index contributed by atoms with van der Waals surface area (Å²) in [5, 5.41) is 15.3. The Morgan fingerprint density at radius 3 is 2.63 bits per heavy atom. The predicted molar refractivity (Wildman–Crippen MR) is 114 cm³/mol. The zero-order valence-electron chi connectivity index (χ0n) is 16.4. The van der Waals surface area contributed by atoms with Crippen molar-refractivity contribution in [3.8, 4) is 0 Å². The summed E-state index contributed by atoms with van der Waals surface area (Å²) in [7, 11) is 2.84. The third-order valence-corrected chi connectivity index (χ3v) is 4.82. The van der Waals surface area contributed by atoms with E-state index in [1.54, 1.807) is 49.5 Å². The van der Waals surface area contributed by atoms with E-state index in [-0.39, 0.29) is 22.9 Å². The number of ether oxygens (including phenoxy) is 1. The summed E-state index contributed by atoms with van der Waals surface area (Å²) in [6.07, 6.45) is 1.21. The third kappa shape index (κ3) is 4.15. The second-order valence-corrected chi connectivity index (χ2v) is 6.72. The molecule has 0 bridgehead atoms. The highest BCUT2D eigenvalue weighted by atomic mass is 35.5. The molecule has 0 spiro atoms. The Morgan fingerprint density at radius 1 is 1.23 bits per heavy atom. The largest absolute Gasteiger partial charge is 0.465 e. The molecule has 0 aliphatic rings. The third-order valence-electron chi connectivity index (χ3n) is 4.41. The molecule has 0 amide bonds. The zero-order chi connectivity index (χ0) is 21.8.